The van der Waals surface area contributed by atoms with Gasteiger partial charge in [0, 0.05) is 43.9 Å². The van der Waals surface area contributed by atoms with E-state index in [9.17, 15) is 18.4 Å². The molecule has 1 atom stereocenters. The highest BCUT2D eigenvalue weighted by Gasteiger charge is 2.32. The number of carbonyl (C=O) groups excluding carboxylic acids is 2. The number of piperazine rings is 1. The normalized spacial score (nSPS) is 21.4. The average molecular weight is 360 g/mol. The highest BCUT2D eigenvalue weighted by Crippen LogP contribution is 2.20. The monoisotopic (exact) mass is 359 g/mol. The number of benzene rings is 1. The zero-order chi connectivity index (χ0) is 16.4. The van der Waals surface area contributed by atoms with Crippen LogP contribution >= 0.6 is 12.4 Å². The Labute approximate surface area is 145 Å². The SMILES string of the molecule is Cl.O=C(c1cc(F)cc(F)c1)N1CCCC(N2CCNCC2=O)C1. The molecule has 2 heterocycles. The smallest absolute Gasteiger partial charge is 0.254 e. The number of hydrogen-bond acceptors (Lipinski definition) is 3. The summed E-state index contributed by atoms with van der Waals surface area (Å²) >= 11 is 0. The minimum absolute atomic E-state index is 0. The van der Waals surface area contributed by atoms with E-state index < -0.39 is 17.5 Å². The van der Waals surface area contributed by atoms with Crippen LogP contribution < -0.4 is 5.32 Å². The molecular weight excluding hydrogens is 340 g/mol. The van der Waals surface area contributed by atoms with E-state index in [1.165, 1.54) is 0 Å². The Kier molecular flexibility index (Phi) is 6.12. The zero-order valence-corrected chi connectivity index (χ0v) is 14.0. The molecule has 5 nitrogen and oxygen atoms in total. The molecule has 132 valence electrons. The molecule has 1 unspecified atom stereocenters. The maximum atomic E-state index is 13.3. The zero-order valence-electron chi connectivity index (χ0n) is 13.1. The molecule has 1 aromatic rings. The van der Waals surface area contributed by atoms with Gasteiger partial charge in [-0.3, -0.25) is 9.59 Å². The quantitative estimate of drug-likeness (QED) is 0.869. The summed E-state index contributed by atoms with van der Waals surface area (Å²) in [6.45, 7) is 2.63. The number of carbonyl (C=O) groups is 2. The summed E-state index contributed by atoms with van der Waals surface area (Å²) in [5.74, 6) is -1.89. The summed E-state index contributed by atoms with van der Waals surface area (Å²) in [4.78, 5) is 27.9. The third kappa shape index (κ3) is 4.02. The third-order valence-corrected chi connectivity index (χ3v) is 4.36. The highest BCUT2D eigenvalue weighted by molar-refractivity contribution is 5.94. The van der Waals surface area contributed by atoms with Crippen LogP contribution in [0.3, 0.4) is 0 Å². The van der Waals surface area contributed by atoms with Crippen LogP contribution in [-0.2, 0) is 4.79 Å². The summed E-state index contributed by atoms with van der Waals surface area (Å²) < 4.78 is 26.6. The predicted octanol–water partition coefficient (Wildman–Crippen LogP) is 1.42. The number of likely N-dealkylation sites (tertiary alicyclic amines) is 1. The molecule has 0 saturated carbocycles. The average Bonchev–Trinajstić information content (AvgIpc) is 2.54. The largest absolute Gasteiger partial charge is 0.337 e. The Hall–Kier alpha value is -1.73. The second-order valence-electron chi connectivity index (χ2n) is 5.97. The van der Waals surface area contributed by atoms with E-state index in [-0.39, 0.29) is 29.9 Å². The maximum Gasteiger partial charge on any atom is 0.254 e. The van der Waals surface area contributed by atoms with Gasteiger partial charge in [0.15, 0.2) is 0 Å². The lowest BCUT2D eigenvalue weighted by Gasteiger charge is -2.41. The fourth-order valence-corrected chi connectivity index (χ4v) is 3.26. The van der Waals surface area contributed by atoms with Gasteiger partial charge in [-0.25, -0.2) is 8.78 Å². The fraction of sp³-hybridized carbons (Fsp3) is 0.500. The number of nitrogens with one attached hydrogen (secondary N) is 1. The van der Waals surface area contributed by atoms with Crippen LogP contribution in [0.2, 0.25) is 0 Å². The van der Waals surface area contributed by atoms with Gasteiger partial charge in [-0.1, -0.05) is 0 Å². The molecule has 1 aromatic carbocycles. The first kappa shape index (κ1) is 18.6. The second-order valence-corrected chi connectivity index (χ2v) is 5.97. The molecule has 0 spiro atoms. The molecule has 2 saturated heterocycles. The van der Waals surface area contributed by atoms with Crippen LogP contribution in [0.4, 0.5) is 8.78 Å². The number of rotatable bonds is 2. The first-order valence-corrected chi connectivity index (χ1v) is 7.80. The fourth-order valence-electron chi connectivity index (χ4n) is 3.26. The van der Waals surface area contributed by atoms with Gasteiger partial charge in [0.1, 0.15) is 11.6 Å². The Bertz CT molecular complexity index is 609. The third-order valence-electron chi connectivity index (χ3n) is 4.36. The van der Waals surface area contributed by atoms with Crippen molar-refractivity contribution >= 4 is 24.2 Å². The Morgan fingerprint density at radius 3 is 2.54 bits per heavy atom. The first-order valence-electron chi connectivity index (χ1n) is 7.80. The Morgan fingerprint density at radius 1 is 1.17 bits per heavy atom. The number of piperidine rings is 1. The van der Waals surface area contributed by atoms with Crippen molar-refractivity contribution < 1.29 is 18.4 Å². The molecule has 24 heavy (non-hydrogen) atoms. The van der Waals surface area contributed by atoms with Gasteiger partial charge in [0.25, 0.3) is 5.91 Å². The summed E-state index contributed by atoms with van der Waals surface area (Å²) in [6.07, 6.45) is 1.61. The van der Waals surface area contributed by atoms with Crippen LogP contribution in [-0.4, -0.2) is 60.4 Å². The molecule has 0 aromatic heterocycles. The molecule has 0 aliphatic carbocycles. The lowest BCUT2D eigenvalue weighted by molar-refractivity contribution is -0.135. The predicted molar refractivity (Wildman–Crippen MR) is 87.1 cm³/mol. The van der Waals surface area contributed by atoms with Crippen LogP contribution in [0.25, 0.3) is 0 Å². The topological polar surface area (TPSA) is 52.7 Å². The molecule has 2 aliphatic heterocycles. The number of nitrogens with zero attached hydrogens (tertiary/aromatic N) is 2. The number of amides is 2. The molecule has 2 aliphatic rings. The lowest BCUT2D eigenvalue weighted by Crippen LogP contribution is -2.57. The van der Waals surface area contributed by atoms with E-state index >= 15 is 0 Å². The summed E-state index contributed by atoms with van der Waals surface area (Å²) in [7, 11) is 0. The Morgan fingerprint density at radius 2 is 1.88 bits per heavy atom. The minimum Gasteiger partial charge on any atom is -0.337 e. The number of halogens is 3. The minimum atomic E-state index is -0.765. The van der Waals surface area contributed by atoms with E-state index in [1.807, 2.05) is 4.90 Å². The van der Waals surface area contributed by atoms with Gasteiger partial charge >= 0.3 is 0 Å². The van der Waals surface area contributed by atoms with E-state index in [0.29, 0.717) is 26.2 Å². The van der Waals surface area contributed by atoms with E-state index in [2.05, 4.69) is 5.32 Å². The van der Waals surface area contributed by atoms with Crippen molar-refractivity contribution in [3.05, 3.63) is 35.4 Å². The first-order chi connectivity index (χ1) is 11.0. The molecule has 2 fully saturated rings. The van der Waals surface area contributed by atoms with Gasteiger partial charge < -0.3 is 15.1 Å². The second kappa shape index (κ2) is 7.90. The number of hydrogen-bond donors (Lipinski definition) is 1. The maximum absolute atomic E-state index is 13.3. The summed E-state index contributed by atoms with van der Waals surface area (Å²) in [6, 6.07) is 2.81. The van der Waals surface area contributed by atoms with Crippen LogP contribution in [0.15, 0.2) is 18.2 Å². The van der Waals surface area contributed by atoms with Crippen LogP contribution in [0, 0.1) is 11.6 Å². The molecule has 0 radical (unpaired) electrons. The molecular formula is C16H20ClF2N3O2. The lowest BCUT2D eigenvalue weighted by atomic mass is 10.0. The standard InChI is InChI=1S/C16H19F2N3O2.ClH/c17-12-6-11(7-13(18)8-12)16(23)20-4-1-2-14(10-20)21-5-3-19-9-15(21)22;/h6-8,14,19H,1-5,9-10H2;1H. The summed E-state index contributed by atoms with van der Waals surface area (Å²) in [5, 5.41) is 3.02. The summed E-state index contributed by atoms with van der Waals surface area (Å²) in [5.41, 5.74) is 0.00906. The van der Waals surface area contributed by atoms with Crippen molar-refractivity contribution in [2.75, 3.05) is 32.7 Å². The van der Waals surface area contributed by atoms with Crippen LogP contribution in [0.5, 0.6) is 0 Å². The molecule has 8 heteroatoms. The molecule has 2 amide bonds. The van der Waals surface area contributed by atoms with Crippen molar-refractivity contribution in [3.63, 3.8) is 0 Å². The van der Waals surface area contributed by atoms with E-state index in [0.717, 1.165) is 37.6 Å². The van der Waals surface area contributed by atoms with Crippen LogP contribution in [0.1, 0.15) is 23.2 Å². The van der Waals surface area contributed by atoms with Crippen molar-refractivity contribution in [3.8, 4) is 0 Å². The van der Waals surface area contributed by atoms with Gasteiger partial charge in [0.2, 0.25) is 5.91 Å². The van der Waals surface area contributed by atoms with E-state index in [1.54, 1.807) is 4.90 Å². The highest BCUT2D eigenvalue weighted by atomic mass is 35.5. The van der Waals surface area contributed by atoms with Gasteiger partial charge in [-0.2, -0.15) is 0 Å². The van der Waals surface area contributed by atoms with E-state index in [4.69, 9.17) is 0 Å². The van der Waals surface area contributed by atoms with Crippen molar-refractivity contribution in [2.45, 2.75) is 18.9 Å². The van der Waals surface area contributed by atoms with Gasteiger partial charge in [0.05, 0.1) is 6.54 Å². The van der Waals surface area contributed by atoms with Gasteiger partial charge in [-0.15, -0.1) is 12.4 Å². The molecule has 0 bridgehead atoms. The Balaban J connectivity index is 0.00000208. The molecule has 3 rings (SSSR count). The van der Waals surface area contributed by atoms with Gasteiger partial charge in [-0.05, 0) is 25.0 Å². The molecule has 1 N–H and O–H groups in total. The van der Waals surface area contributed by atoms with Crippen molar-refractivity contribution in [1.29, 1.82) is 0 Å². The van der Waals surface area contributed by atoms with Crippen molar-refractivity contribution in [2.24, 2.45) is 0 Å². The van der Waals surface area contributed by atoms with Crippen molar-refractivity contribution in [1.82, 2.24) is 15.1 Å².